The third kappa shape index (κ3) is 4.43. The van der Waals surface area contributed by atoms with E-state index in [1.54, 1.807) is 13.8 Å². The van der Waals surface area contributed by atoms with E-state index in [2.05, 4.69) is 0 Å². The number of carbonyl (C=O) groups is 1. The van der Waals surface area contributed by atoms with E-state index < -0.39 is 11.4 Å². The van der Waals surface area contributed by atoms with Crippen molar-refractivity contribution in [3.63, 3.8) is 0 Å². The van der Waals surface area contributed by atoms with Crippen LogP contribution in [0.4, 0.5) is 0 Å². The van der Waals surface area contributed by atoms with Crippen molar-refractivity contribution in [3.05, 3.63) is 28.3 Å². The number of hydrogen-bond acceptors (Lipinski definition) is 2. The Labute approximate surface area is 119 Å². The molecule has 0 aliphatic carbocycles. The Balaban J connectivity index is 2.53. The number of carboxylic acids is 1. The van der Waals surface area contributed by atoms with Crippen LogP contribution >= 0.6 is 11.6 Å². The second-order valence-electron chi connectivity index (χ2n) is 5.51. The summed E-state index contributed by atoms with van der Waals surface area (Å²) in [5.41, 5.74) is 1.30. The summed E-state index contributed by atoms with van der Waals surface area (Å²) >= 11 is 5.96. The number of hydrogen-bond donors (Lipinski definition) is 1. The van der Waals surface area contributed by atoms with Gasteiger partial charge < -0.3 is 9.84 Å². The van der Waals surface area contributed by atoms with E-state index in [1.165, 1.54) is 0 Å². The molecule has 1 N–H and O–H groups in total. The van der Waals surface area contributed by atoms with Crippen LogP contribution in [0.3, 0.4) is 0 Å². The van der Waals surface area contributed by atoms with Gasteiger partial charge in [0.15, 0.2) is 0 Å². The van der Waals surface area contributed by atoms with Gasteiger partial charge in [0, 0.05) is 5.02 Å². The van der Waals surface area contributed by atoms with Crippen molar-refractivity contribution in [2.45, 2.75) is 40.5 Å². The van der Waals surface area contributed by atoms with Crippen LogP contribution < -0.4 is 4.74 Å². The van der Waals surface area contributed by atoms with Gasteiger partial charge in [0.05, 0.1) is 12.0 Å². The first-order valence-electron chi connectivity index (χ1n) is 6.37. The summed E-state index contributed by atoms with van der Waals surface area (Å²) in [6.07, 6.45) is 1.30. The predicted molar refractivity (Wildman–Crippen MR) is 77.1 cm³/mol. The first-order chi connectivity index (χ1) is 8.74. The molecule has 0 radical (unpaired) electrons. The number of aliphatic carboxylic acids is 1. The Morgan fingerprint density at radius 1 is 1.32 bits per heavy atom. The SMILES string of the molecule is Cc1cc(Cl)cc(C)c1OCCCC(C)(C)C(=O)O. The number of carboxylic acid groups (broad SMARTS) is 1. The monoisotopic (exact) mass is 284 g/mol. The van der Waals surface area contributed by atoms with Gasteiger partial charge in [-0.2, -0.15) is 0 Å². The molecule has 0 amide bonds. The largest absolute Gasteiger partial charge is 0.493 e. The smallest absolute Gasteiger partial charge is 0.309 e. The van der Waals surface area contributed by atoms with Crippen molar-refractivity contribution in [2.75, 3.05) is 6.61 Å². The molecule has 1 aromatic carbocycles. The zero-order valence-electron chi connectivity index (χ0n) is 11.9. The molecule has 0 saturated carbocycles. The van der Waals surface area contributed by atoms with Crippen molar-refractivity contribution in [3.8, 4) is 5.75 Å². The lowest BCUT2D eigenvalue weighted by Crippen LogP contribution is -2.24. The third-order valence-corrected chi connectivity index (χ3v) is 3.41. The fourth-order valence-electron chi connectivity index (χ4n) is 1.92. The maximum Gasteiger partial charge on any atom is 0.309 e. The summed E-state index contributed by atoms with van der Waals surface area (Å²) in [5, 5.41) is 9.72. The van der Waals surface area contributed by atoms with Gasteiger partial charge in [-0.1, -0.05) is 11.6 Å². The quantitative estimate of drug-likeness (QED) is 0.795. The van der Waals surface area contributed by atoms with Crippen LogP contribution in [-0.2, 0) is 4.79 Å². The second kappa shape index (κ2) is 6.29. The molecule has 0 saturated heterocycles. The lowest BCUT2D eigenvalue weighted by Gasteiger charge is -2.19. The first-order valence-corrected chi connectivity index (χ1v) is 6.75. The molecule has 4 heteroatoms. The first kappa shape index (κ1) is 15.8. The zero-order valence-corrected chi connectivity index (χ0v) is 12.7. The number of ether oxygens (including phenoxy) is 1. The van der Waals surface area contributed by atoms with Crippen LogP contribution in [0.15, 0.2) is 12.1 Å². The maximum atomic E-state index is 11.0. The molecule has 0 unspecified atom stereocenters. The Hall–Kier alpha value is -1.22. The van der Waals surface area contributed by atoms with Crippen LogP contribution in [0.2, 0.25) is 5.02 Å². The van der Waals surface area contributed by atoms with Crippen molar-refractivity contribution in [1.29, 1.82) is 0 Å². The summed E-state index contributed by atoms with van der Waals surface area (Å²) in [6.45, 7) is 7.88. The van der Waals surface area contributed by atoms with Crippen molar-refractivity contribution in [2.24, 2.45) is 5.41 Å². The Kier molecular flexibility index (Phi) is 5.24. The topological polar surface area (TPSA) is 46.5 Å². The van der Waals surface area contributed by atoms with Crippen LogP contribution in [0.1, 0.15) is 37.8 Å². The molecule has 0 spiro atoms. The molecule has 106 valence electrons. The highest BCUT2D eigenvalue weighted by Gasteiger charge is 2.26. The van der Waals surface area contributed by atoms with Gasteiger partial charge in [0.25, 0.3) is 0 Å². The van der Waals surface area contributed by atoms with Gasteiger partial charge >= 0.3 is 5.97 Å². The average Bonchev–Trinajstić information content (AvgIpc) is 2.26. The van der Waals surface area contributed by atoms with Crippen LogP contribution in [-0.4, -0.2) is 17.7 Å². The molecular weight excluding hydrogens is 264 g/mol. The maximum absolute atomic E-state index is 11.0. The molecule has 0 heterocycles. The highest BCUT2D eigenvalue weighted by atomic mass is 35.5. The third-order valence-electron chi connectivity index (χ3n) is 3.20. The van der Waals surface area contributed by atoms with Crippen molar-refractivity contribution >= 4 is 17.6 Å². The average molecular weight is 285 g/mol. The summed E-state index contributed by atoms with van der Waals surface area (Å²) < 4.78 is 5.75. The minimum Gasteiger partial charge on any atom is -0.493 e. The fraction of sp³-hybridized carbons (Fsp3) is 0.533. The van der Waals surface area contributed by atoms with Gasteiger partial charge in [-0.3, -0.25) is 4.79 Å². The minimum atomic E-state index is -0.772. The minimum absolute atomic E-state index is 0.514. The number of benzene rings is 1. The van der Waals surface area contributed by atoms with Gasteiger partial charge in [-0.15, -0.1) is 0 Å². The summed E-state index contributed by atoms with van der Waals surface area (Å²) in [5.74, 6) is 0.0730. The molecule has 0 bridgehead atoms. The van der Waals surface area contributed by atoms with E-state index >= 15 is 0 Å². The molecule has 3 nitrogen and oxygen atoms in total. The highest BCUT2D eigenvalue weighted by molar-refractivity contribution is 6.30. The lowest BCUT2D eigenvalue weighted by atomic mass is 9.88. The molecule has 0 fully saturated rings. The summed E-state index contributed by atoms with van der Waals surface area (Å²) in [6, 6.07) is 3.73. The van der Waals surface area contributed by atoms with Gasteiger partial charge in [-0.05, 0) is 63.8 Å². The zero-order chi connectivity index (χ0) is 14.6. The molecule has 0 aromatic heterocycles. The number of halogens is 1. The standard InChI is InChI=1S/C15H21ClO3/c1-10-8-12(16)9-11(2)13(10)19-7-5-6-15(3,4)14(17)18/h8-9H,5-7H2,1-4H3,(H,17,18). The van der Waals surface area contributed by atoms with Crippen LogP contribution in [0.25, 0.3) is 0 Å². The molecular formula is C15H21ClO3. The highest BCUT2D eigenvalue weighted by Crippen LogP contribution is 2.28. The molecule has 1 aromatic rings. The Morgan fingerprint density at radius 2 is 1.84 bits per heavy atom. The second-order valence-corrected chi connectivity index (χ2v) is 5.95. The van der Waals surface area contributed by atoms with E-state index in [4.69, 9.17) is 21.4 Å². The molecule has 0 aliphatic rings. The number of aryl methyl sites for hydroxylation is 2. The van der Waals surface area contributed by atoms with Crippen molar-refractivity contribution < 1.29 is 14.6 Å². The van der Waals surface area contributed by atoms with E-state index in [0.717, 1.165) is 16.9 Å². The summed E-state index contributed by atoms with van der Waals surface area (Å²) in [4.78, 5) is 11.0. The predicted octanol–water partition coefficient (Wildman–Crippen LogP) is 4.23. The van der Waals surface area contributed by atoms with E-state index in [0.29, 0.717) is 24.5 Å². The fourth-order valence-corrected chi connectivity index (χ4v) is 2.25. The van der Waals surface area contributed by atoms with Gasteiger partial charge in [-0.25, -0.2) is 0 Å². The van der Waals surface area contributed by atoms with Gasteiger partial charge in [0.1, 0.15) is 5.75 Å². The Bertz CT molecular complexity index is 443. The normalized spacial score (nSPS) is 11.4. The number of rotatable bonds is 6. The molecule has 0 atom stereocenters. The Morgan fingerprint density at radius 3 is 2.32 bits per heavy atom. The van der Waals surface area contributed by atoms with E-state index in [9.17, 15) is 4.79 Å². The van der Waals surface area contributed by atoms with Gasteiger partial charge in [0.2, 0.25) is 0 Å². The van der Waals surface area contributed by atoms with E-state index in [1.807, 2.05) is 26.0 Å². The lowest BCUT2D eigenvalue weighted by molar-refractivity contribution is -0.147. The van der Waals surface area contributed by atoms with Crippen LogP contribution in [0, 0.1) is 19.3 Å². The molecule has 1 rings (SSSR count). The van der Waals surface area contributed by atoms with E-state index in [-0.39, 0.29) is 0 Å². The van der Waals surface area contributed by atoms with Crippen LogP contribution in [0.5, 0.6) is 5.75 Å². The molecule has 0 aliphatic heterocycles. The van der Waals surface area contributed by atoms with Crippen molar-refractivity contribution in [1.82, 2.24) is 0 Å². The summed E-state index contributed by atoms with van der Waals surface area (Å²) in [7, 11) is 0. The molecule has 19 heavy (non-hydrogen) atoms.